The molecule has 1 atom stereocenters. The molecular formula is C17H23N5O. The van der Waals surface area contributed by atoms with E-state index in [0.29, 0.717) is 18.8 Å². The van der Waals surface area contributed by atoms with Gasteiger partial charge in [0.05, 0.1) is 18.3 Å². The minimum absolute atomic E-state index is 0.00713. The summed E-state index contributed by atoms with van der Waals surface area (Å²) in [4.78, 5) is 21.1. The Kier molecular flexibility index (Phi) is 4.43. The normalized spacial score (nSPS) is 17.4. The molecule has 1 aliphatic heterocycles. The van der Waals surface area contributed by atoms with E-state index in [-0.39, 0.29) is 11.9 Å². The number of hydrogen-bond acceptors (Lipinski definition) is 4. The van der Waals surface area contributed by atoms with E-state index in [9.17, 15) is 4.79 Å². The second-order valence-electron chi connectivity index (χ2n) is 6.42. The number of pyridine rings is 1. The average Bonchev–Trinajstić information content (AvgIpc) is 3.01. The Morgan fingerprint density at radius 1 is 1.35 bits per heavy atom. The lowest BCUT2D eigenvalue weighted by atomic mass is 10.1. The van der Waals surface area contributed by atoms with Crippen LogP contribution < -0.4 is 0 Å². The molecule has 23 heavy (non-hydrogen) atoms. The summed E-state index contributed by atoms with van der Waals surface area (Å²) < 4.78 is 2.07. The molecule has 3 heterocycles. The van der Waals surface area contributed by atoms with Crippen LogP contribution in [0.1, 0.15) is 34.2 Å². The van der Waals surface area contributed by atoms with Gasteiger partial charge >= 0.3 is 0 Å². The monoisotopic (exact) mass is 313 g/mol. The first-order valence-electron chi connectivity index (χ1n) is 7.93. The number of fused-ring (bicyclic) bond motifs is 1. The minimum Gasteiger partial charge on any atom is -0.329 e. The third kappa shape index (κ3) is 3.42. The largest absolute Gasteiger partial charge is 0.329 e. The molecule has 0 radical (unpaired) electrons. The number of rotatable bonds is 4. The van der Waals surface area contributed by atoms with E-state index in [0.717, 1.165) is 24.2 Å². The SMILES string of the molecule is Cc1ccc(C(=O)N2Cc3ccnn3C(CCN(C)C)C2)nc1. The van der Waals surface area contributed by atoms with Crippen molar-refractivity contribution in [3.05, 3.63) is 47.5 Å². The summed E-state index contributed by atoms with van der Waals surface area (Å²) in [5.74, 6) is -0.00713. The molecule has 0 aliphatic carbocycles. The fourth-order valence-electron chi connectivity index (χ4n) is 2.92. The fraction of sp³-hybridized carbons (Fsp3) is 0.471. The summed E-state index contributed by atoms with van der Waals surface area (Å²) in [5.41, 5.74) is 2.65. The molecule has 0 bridgehead atoms. The standard InChI is InChI=1S/C17H23N5O/c1-13-4-5-16(18-10-13)17(23)21-11-14-6-8-19-22(14)15(12-21)7-9-20(2)3/h4-6,8,10,15H,7,9,11-12H2,1-3H3. The van der Waals surface area contributed by atoms with Crippen molar-refractivity contribution in [3.8, 4) is 0 Å². The van der Waals surface area contributed by atoms with Gasteiger partial charge in [0.25, 0.3) is 5.91 Å². The molecule has 0 fully saturated rings. The van der Waals surface area contributed by atoms with Gasteiger partial charge < -0.3 is 9.80 Å². The maximum Gasteiger partial charge on any atom is 0.272 e. The zero-order valence-corrected chi connectivity index (χ0v) is 13.9. The summed E-state index contributed by atoms with van der Waals surface area (Å²) in [5, 5.41) is 4.44. The second-order valence-corrected chi connectivity index (χ2v) is 6.42. The van der Waals surface area contributed by atoms with E-state index < -0.39 is 0 Å². The van der Waals surface area contributed by atoms with Crippen molar-refractivity contribution in [2.45, 2.75) is 25.9 Å². The fourth-order valence-corrected chi connectivity index (χ4v) is 2.92. The smallest absolute Gasteiger partial charge is 0.272 e. The van der Waals surface area contributed by atoms with Crippen LogP contribution in [-0.4, -0.2) is 57.7 Å². The van der Waals surface area contributed by atoms with Crippen molar-refractivity contribution < 1.29 is 4.79 Å². The van der Waals surface area contributed by atoms with Crippen LogP contribution in [0.3, 0.4) is 0 Å². The molecule has 1 amide bonds. The van der Waals surface area contributed by atoms with Gasteiger partial charge in [0.2, 0.25) is 0 Å². The molecule has 0 saturated carbocycles. The van der Waals surface area contributed by atoms with Gasteiger partial charge in [-0.2, -0.15) is 5.10 Å². The predicted octanol–water partition coefficient (Wildman–Crippen LogP) is 1.74. The molecule has 1 unspecified atom stereocenters. The number of nitrogens with zero attached hydrogens (tertiary/aromatic N) is 5. The number of aryl methyl sites for hydroxylation is 1. The summed E-state index contributed by atoms with van der Waals surface area (Å²) in [6.07, 6.45) is 4.52. The van der Waals surface area contributed by atoms with Crippen LogP contribution >= 0.6 is 0 Å². The Hall–Kier alpha value is -2.21. The Labute approximate surface area is 136 Å². The van der Waals surface area contributed by atoms with Gasteiger partial charge in [0, 0.05) is 18.9 Å². The van der Waals surface area contributed by atoms with Crippen molar-refractivity contribution in [1.29, 1.82) is 0 Å². The van der Waals surface area contributed by atoms with Crippen LogP contribution in [0, 0.1) is 6.92 Å². The predicted molar refractivity (Wildman–Crippen MR) is 88.1 cm³/mol. The first-order chi connectivity index (χ1) is 11.0. The minimum atomic E-state index is -0.00713. The Balaban J connectivity index is 1.79. The van der Waals surface area contributed by atoms with E-state index in [1.165, 1.54) is 0 Å². The molecule has 2 aromatic rings. The van der Waals surface area contributed by atoms with Crippen molar-refractivity contribution in [3.63, 3.8) is 0 Å². The third-order valence-electron chi connectivity index (χ3n) is 4.21. The lowest BCUT2D eigenvalue weighted by molar-refractivity contribution is 0.0654. The topological polar surface area (TPSA) is 54.3 Å². The number of carbonyl (C=O) groups excluding carboxylic acids is 1. The van der Waals surface area contributed by atoms with Crippen molar-refractivity contribution in [1.82, 2.24) is 24.6 Å². The Morgan fingerprint density at radius 2 is 2.17 bits per heavy atom. The molecule has 0 saturated heterocycles. The highest BCUT2D eigenvalue weighted by molar-refractivity contribution is 5.92. The zero-order chi connectivity index (χ0) is 16.4. The maximum absolute atomic E-state index is 12.7. The van der Waals surface area contributed by atoms with Crippen LogP contribution in [-0.2, 0) is 6.54 Å². The van der Waals surface area contributed by atoms with E-state index in [4.69, 9.17) is 0 Å². The second kappa shape index (κ2) is 6.50. The van der Waals surface area contributed by atoms with Gasteiger partial charge in [-0.25, -0.2) is 0 Å². The summed E-state index contributed by atoms with van der Waals surface area (Å²) >= 11 is 0. The highest BCUT2D eigenvalue weighted by Gasteiger charge is 2.29. The Bertz CT molecular complexity index is 677. The molecule has 0 aromatic carbocycles. The van der Waals surface area contributed by atoms with Gasteiger partial charge in [0.1, 0.15) is 5.69 Å². The lowest BCUT2D eigenvalue weighted by Gasteiger charge is -2.34. The Morgan fingerprint density at radius 3 is 2.87 bits per heavy atom. The average molecular weight is 313 g/mol. The van der Waals surface area contributed by atoms with Crippen molar-refractivity contribution in [2.24, 2.45) is 0 Å². The molecular weight excluding hydrogens is 290 g/mol. The first kappa shape index (κ1) is 15.7. The van der Waals surface area contributed by atoms with Crippen LogP contribution in [0.2, 0.25) is 0 Å². The lowest BCUT2D eigenvalue weighted by Crippen LogP contribution is -2.42. The summed E-state index contributed by atoms with van der Waals surface area (Å²) in [6, 6.07) is 5.94. The molecule has 6 nitrogen and oxygen atoms in total. The molecule has 1 aliphatic rings. The highest BCUT2D eigenvalue weighted by atomic mass is 16.2. The summed E-state index contributed by atoms with van der Waals surface area (Å²) in [6.45, 7) is 4.20. The van der Waals surface area contributed by atoms with Crippen molar-refractivity contribution >= 4 is 5.91 Å². The molecule has 0 N–H and O–H groups in total. The first-order valence-corrected chi connectivity index (χ1v) is 7.93. The maximum atomic E-state index is 12.7. The molecule has 6 heteroatoms. The van der Waals surface area contributed by atoms with E-state index in [2.05, 4.69) is 33.8 Å². The third-order valence-corrected chi connectivity index (χ3v) is 4.21. The van der Waals surface area contributed by atoms with Crippen LogP contribution in [0.5, 0.6) is 0 Å². The summed E-state index contributed by atoms with van der Waals surface area (Å²) in [7, 11) is 4.12. The number of carbonyl (C=O) groups is 1. The van der Waals surface area contributed by atoms with Gasteiger partial charge in [0.15, 0.2) is 0 Å². The van der Waals surface area contributed by atoms with E-state index >= 15 is 0 Å². The van der Waals surface area contributed by atoms with E-state index in [1.807, 2.05) is 30.2 Å². The molecule has 2 aromatic heterocycles. The van der Waals surface area contributed by atoms with Crippen LogP contribution in [0.25, 0.3) is 0 Å². The van der Waals surface area contributed by atoms with Gasteiger partial charge in [-0.15, -0.1) is 0 Å². The van der Waals surface area contributed by atoms with Gasteiger partial charge in [-0.05, 0) is 51.7 Å². The van der Waals surface area contributed by atoms with Gasteiger partial charge in [-0.1, -0.05) is 6.07 Å². The molecule has 0 spiro atoms. The van der Waals surface area contributed by atoms with E-state index in [1.54, 1.807) is 12.3 Å². The number of aromatic nitrogens is 3. The van der Waals surface area contributed by atoms with Crippen molar-refractivity contribution in [2.75, 3.05) is 27.2 Å². The number of hydrogen-bond donors (Lipinski definition) is 0. The van der Waals surface area contributed by atoms with Gasteiger partial charge in [-0.3, -0.25) is 14.5 Å². The number of amides is 1. The molecule has 3 rings (SSSR count). The van der Waals surface area contributed by atoms with Crippen LogP contribution in [0.15, 0.2) is 30.6 Å². The zero-order valence-electron chi connectivity index (χ0n) is 13.9. The van der Waals surface area contributed by atoms with Crippen LogP contribution in [0.4, 0.5) is 0 Å². The highest BCUT2D eigenvalue weighted by Crippen LogP contribution is 2.24. The molecule has 122 valence electrons. The quantitative estimate of drug-likeness (QED) is 0.863.